The molecule has 13 nitrogen and oxygen atoms in total. The van der Waals surface area contributed by atoms with E-state index in [1.807, 2.05) is 79.7 Å². The number of aliphatic hydroxyl groups excluding tert-OH is 1. The Morgan fingerprint density at radius 1 is 1.05 bits per heavy atom. The summed E-state index contributed by atoms with van der Waals surface area (Å²) in [5.41, 5.74) is 2.43. The van der Waals surface area contributed by atoms with Crippen molar-refractivity contribution in [3.8, 4) is 5.75 Å². The molecular formula is C46H53N5O8Si. The van der Waals surface area contributed by atoms with Crippen LogP contribution >= 0.6 is 0 Å². The average molecular weight is 832 g/mol. The first-order valence-corrected chi connectivity index (χ1v) is 23.9. The maximum atomic E-state index is 15.4. The summed E-state index contributed by atoms with van der Waals surface area (Å²) in [6.07, 6.45) is 1.54. The third kappa shape index (κ3) is 7.39. The Bertz CT molecular complexity index is 2280. The Morgan fingerprint density at radius 2 is 1.78 bits per heavy atom. The Balaban J connectivity index is 1.15. The lowest BCUT2D eigenvalue weighted by molar-refractivity contribution is -0.385. The second-order valence-corrected chi connectivity index (χ2v) is 22.0. The van der Waals surface area contributed by atoms with Gasteiger partial charge in [0.2, 0.25) is 11.8 Å². The lowest BCUT2D eigenvalue weighted by atomic mass is 9.82. The molecule has 0 bridgehead atoms. The molecule has 314 valence electrons. The van der Waals surface area contributed by atoms with Crippen molar-refractivity contribution in [2.24, 2.45) is 11.8 Å². The number of non-ortho nitro benzene ring substituents is 1. The van der Waals surface area contributed by atoms with Crippen molar-refractivity contribution in [1.82, 2.24) is 10.2 Å². The zero-order valence-electron chi connectivity index (χ0n) is 34.6. The number of hydrogen-bond donors (Lipinski definition) is 3. The molecule has 2 saturated heterocycles. The summed E-state index contributed by atoms with van der Waals surface area (Å²) >= 11 is 0. The number of carbonyl (C=O) groups is 3. The minimum atomic E-state index is -2.66. The molecule has 4 aromatic rings. The highest BCUT2D eigenvalue weighted by atomic mass is 28.3. The van der Waals surface area contributed by atoms with Crippen LogP contribution in [0.25, 0.3) is 0 Å². The number of carbonyl (C=O) groups excluding carboxylic acids is 3. The summed E-state index contributed by atoms with van der Waals surface area (Å²) in [4.78, 5) is 58.1. The number of aliphatic hydroxyl groups is 1. The molecule has 3 amide bonds. The van der Waals surface area contributed by atoms with Crippen LogP contribution in [0.4, 0.5) is 17.1 Å². The van der Waals surface area contributed by atoms with E-state index in [4.69, 9.17) is 9.47 Å². The van der Waals surface area contributed by atoms with Crippen LogP contribution in [-0.2, 0) is 44.2 Å². The fourth-order valence-electron chi connectivity index (χ4n) is 10.3. The molecule has 1 spiro atoms. The first-order chi connectivity index (χ1) is 28.8. The topological polar surface area (TPSA) is 164 Å². The van der Waals surface area contributed by atoms with E-state index in [1.54, 1.807) is 23.0 Å². The van der Waals surface area contributed by atoms with E-state index in [-0.39, 0.29) is 54.4 Å². The van der Waals surface area contributed by atoms with E-state index in [9.17, 15) is 24.8 Å². The van der Waals surface area contributed by atoms with Crippen molar-refractivity contribution in [1.29, 1.82) is 0 Å². The van der Waals surface area contributed by atoms with Gasteiger partial charge in [0.25, 0.3) is 11.6 Å². The molecule has 4 aromatic carbocycles. The van der Waals surface area contributed by atoms with Gasteiger partial charge in [0, 0.05) is 42.4 Å². The van der Waals surface area contributed by atoms with Gasteiger partial charge < -0.3 is 35.0 Å². The number of methoxy groups -OCH3 is 1. The number of fused-ring (bicyclic) bond motifs is 3. The van der Waals surface area contributed by atoms with Crippen LogP contribution in [0.1, 0.15) is 48.4 Å². The molecule has 60 heavy (non-hydrogen) atoms. The Labute approximate surface area is 351 Å². The predicted octanol–water partition coefficient (Wildman–Crippen LogP) is 5.64. The van der Waals surface area contributed by atoms with E-state index < -0.39 is 36.7 Å². The van der Waals surface area contributed by atoms with Gasteiger partial charge in [-0.15, -0.1) is 0 Å². The molecule has 4 heterocycles. The molecule has 4 aliphatic heterocycles. The van der Waals surface area contributed by atoms with Crippen LogP contribution in [0, 0.1) is 22.0 Å². The first-order valence-electron chi connectivity index (χ1n) is 20.9. The first kappa shape index (κ1) is 41.3. The van der Waals surface area contributed by atoms with Crippen molar-refractivity contribution in [3.05, 3.63) is 123 Å². The van der Waals surface area contributed by atoms with E-state index in [0.29, 0.717) is 42.2 Å². The number of ether oxygens (including phenoxy) is 2. The van der Waals surface area contributed by atoms with Crippen LogP contribution in [-0.4, -0.2) is 79.7 Å². The minimum absolute atomic E-state index is 0.0322. The molecule has 6 atom stereocenters. The molecule has 0 radical (unpaired) electrons. The smallest absolute Gasteiger partial charge is 0.269 e. The van der Waals surface area contributed by atoms with Gasteiger partial charge in [-0.1, -0.05) is 73.7 Å². The van der Waals surface area contributed by atoms with Gasteiger partial charge in [-0.05, 0) is 78.4 Å². The van der Waals surface area contributed by atoms with Crippen molar-refractivity contribution in [3.63, 3.8) is 0 Å². The molecule has 1 unspecified atom stereocenters. The third-order valence-corrected chi connectivity index (χ3v) is 17.9. The van der Waals surface area contributed by atoms with Crippen LogP contribution in [0.3, 0.4) is 0 Å². The average Bonchev–Trinajstić information content (AvgIpc) is 3.69. The van der Waals surface area contributed by atoms with Crippen LogP contribution in [0.5, 0.6) is 5.75 Å². The molecule has 3 N–H and O–H groups in total. The maximum Gasteiger partial charge on any atom is 0.269 e. The summed E-state index contributed by atoms with van der Waals surface area (Å²) in [5.74, 6) is -0.444. The summed E-state index contributed by atoms with van der Waals surface area (Å²) in [7, 11) is -1.04. The van der Waals surface area contributed by atoms with Gasteiger partial charge in [-0.3, -0.25) is 24.5 Å². The number of nitro groups is 1. The molecule has 0 aromatic heterocycles. The number of nitrogens with one attached hydrogen (secondary N) is 2. The van der Waals surface area contributed by atoms with Crippen LogP contribution < -0.4 is 25.5 Å². The summed E-state index contributed by atoms with van der Waals surface area (Å²) < 4.78 is 12.7. The van der Waals surface area contributed by atoms with Crippen molar-refractivity contribution in [2.75, 3.05) is 37.0 Å². The molecular weight excluding hydrogens is 779 g/mol. The van der Waals surface area contributed by atoms with Gasteiger partial charge in [0.05, 0.1) is 63.4 Å². The monoisotopic (exact) mass is 831 g/mol. The van der Waals surface area contributed by atoms with E-state index >= 15 is 4.79 Å². The summed E-state index contributed by atoms with van der Waals surface area (Å²) in [6, 6.07) is 27.3. The molecule has 2 fully saturated rings. The van der Waals surface area contributed by atoms with Crippen LogP contribution in [0.2, 0.25) is 18.6 Å². The lowest BCUT2D eigenvalue weighted by Crippen LogP contribution is -2.52. The fraction of sp³-hybridized carbons (Fsp3) is 0.413. The number of nitro benzene ring substituents is 1. The van der Waals surface area contributed by atoms with Crippen molar-refractivity contribution < 1.29 is 33.9 Å². The third-order valence-electron chi connectivity index (χ3n) is 13.5. The maximum absolute atomic E-state index is 15.4. The molecule has 0 aliphatic carbocycles. The summed E-state index contributed by atoms with van der Waals surface area (Å²) in [6.45, 7) is 8.30. The SMILES string of the molecule is COc1ccc([Si](C)(C)[C@@H]2[C@@H](CC(=O)N3Cc4ccccc4C[C@H]3CO)O[C@]3(C(=O)N(Cc4ccc(NC(=O)C5CCCNC5)cc4)c4ccc([N+](=O)[O-])cc43)[C@H]2C)cc1. The Kier molecular flexibility index (Phi) is 11.4. The number of benzene rings is 4. The molecule has 14 heteroatoms. The van der Waals surface area contributed by atoms with Crippen LogP contribution in [0.15, 0.2) is 91.0 Å². The fourth-order valence-corrected chi connectivity index (χ4v) is 14.3. The molecule has 0 saturated carbocycles. The highest BCUT2D eigenvalue weighted by Gasteiger charge is 2.67. The molecule has 8 rings (SSSR count). The normalized spacial score (nSPS) is 24.9. The predicted molar refractivity (Wildman–Crippen MR) is 231 cm³/mol. The van der Waals surface area contributed by atoms with Gasteiger partial charge in [0.15, 0.2) is 5.60 Å². The highest BCUT2D eigenvalue weighted by molar-refractivity contribution is 6.91. The second-order valence-electron chi connectivity index (χ2n) is 17.3. The van der Waals surface area contributed by atoms with Crippen molar-refractivity contribution in [2.45, 2.75) is 82.1 Å². The largest absolute Gasteiger partial charge is 0.497 e. The second kappa shape index (κ2) is 16.6. The molecule has 4 aliphatic rings. The van der Waals surface area contributed by atoms with E-state index in [0.717, 1.165) is 41.3 Å². The van der Waals surface area contributed by atoms with Gasteiger partial charge in [0.1, 0.15) is 5.75 Å². The van der Waals surface area contributed by atoms with Gasteiger partial charge in [-0.25, -0.2) is 0 Å². The number of amides is 3. The number of nitrogens with zero attached hydrogens (tertiary/aromatic N) is 3. The summed E-state index contributed by atoms with van der Waals surface area (Å²) in [5, 5.41) is 30.2. The van der Waals surface area contributed by atoms with E-state index in [2.05, 4.69) is 23.7 Å². The number of rotatable bonds is 11. The number of anilines is 2. The quantitative estimate of drug-likeness (QED) is 0.0987. The highest BCUT2D eigenvalue weighted by Crippen LogP contribution is 2.60. The minimum Gasteiger partial charge on any atom is -0.497 e. The Hall–Kier alpha value is -5.41. The number of hydrogen-bond acceptors (Lipinski definition) is 9. The Morgan fingerprint density at radius 3 is 2.45 bits per heavy atom. The van der Waals surface area contributed by atoms with Gasteiger partial charge >= 0.3 is 0 Å². The van der Waals surface area contributed by atoms with E-state index in [1.165, 1.54) is 12.1 Å². The standard InChI is InChI=1S/C46H53N5O8Si/c1-29-43(60(3,4)38-18-16-37(58-2)17-19-38)41(24-42(53)49-27-33-9-6-5-8-31(33)22-36(49)28-52)59-46(29)39-23-35(51(56)57)15-20-40(39)50(45(46)55)26-30-11-13-34(14-12-30)48-44(54)32-10-7-21-47-25-32/h5-6,8-9,11-20,23,29,32,36,41,43,47,52H,7,10,21-22,24-28H2,1-4H3,(H,48,54)/t29-,32?,36-,41+,43-,46+/m0/s1. The van der Waals surface area contributed by atoms with Gasteiger partial charge in [-0.2, -0.15) is 0 Å². The lowest BCUT2D eigenvalue weighted by Gasteiger charge is -2.39. The zero-order valence-corrected chi connectivity index (χ0v) is 35.6. The number of piperidine rings is 1. The zero-order chi connectivity index (χ0) is 42.3. The van der Waals surface area contributed by atoms with Crippen molar-refractivity contribution >= 4 is 48.0 Å².